The second kappa shape index (κ2) is 10.7. The maximum Gasteiger partial charge on any atom is 0.241 e. The number of halogens is 2. The molecule has 2 aliphatic heterocycles. The molecule has 2 N–H and O–H groups in total. The first kappa shape index (κ1) is 23.5. The summed E-state index contributed by atoms with van der Waals surface area (Å²) in [5.41, 5.74) is 0.955. The van der Waals surface area contributed by atoms with E-state index in [-0.39, 0.29) is 42.3 Å². The van der Waals surface area contributed by atoms with Gasteiger partial charge in [0.05, 0.1) is 19.4 Å². The fourth-order valence-corrected chi connectivity index (χ4v) is 5.00. The van der Waals surface area contributed by atoms with E-state index in [4.69, 9.17) is 4.74 Å². The smallest absolute Gasteiger partial charge is 0.241 e. The number of nitrogens with one attached hydrogen (secondary N) is 2. The number of rotatable bonds is 6. The van der Waals surface area contributed by atoms with Gasteiger partial charge in [0.1, 0.15) is 6.04 Å². The third-order valence-corrected chi connectivity index (χ3v) is 6.20. The Balaban J connectivity index is 0.00000169. The van der Waals surface area contributed by atoms with E-state index in [9.17, 15) is 4.79 Å². The first-order chi connectivity index (χ1) is 11.6. The minimum Gasteiger partial charge on any atom is -0.379 e. The highest BCUT2D eigenvalue weighted by molar-refractivity contribution is 7.99. The molecule has 0 spiro atoms. The van der Waals surface area contributed by atoms with Crippen LogP contribution in [0.4, 0.5) is 0 Å². The molecule has 2 unspecified atom stereocenters. The number of amides is 1. The van der Waals surface area contributed by atoms with Crippen LogP contribution in [0.15, 0.2) is 12.4 Å². The van der Waals surface area contributed by atoms with Crippen molar-refractivity contribution in [1.29, 1.82) is 0 Å². The molecule has 3 heterocycles. The van der Waals surface area contributed by atoms with E-state index in [1.807, 2.05) is 25.0 Å². The summed E-state index contributed by atoms with van der Waals surface area (Å²) in [6.07, 6.45) is 4.74. The van der Waals surface area contributed by atoms with Gasteiger partial charge in [-0.05, 0) is 19.2 Å². The number of hydrogen-bond donors (Lipinski definition) is 2. The molecule has 1 amide bonds. The molecular formula is C16H29Cl2N5O2S. The Morgan fingerprint density at radius 2 is 2.15 bits per heavy atom. The summed E-state index contributed by atoms with van der Waals surface area (Å²) >= 11 is 1.98. The number of hydrogen-bond acceptors (Lipinski definition) is 6. The van der Waals surface area contributed by atoms with Gasteiger partial charge in [0.15, 0.2) is 0 Å². The lowest BCUT2D eigenvalue weighted by Crippen LogP contribution is -2.59. The average Bonchev–Trinajstić information content (AvgIpc) is 3.25. The number of aromatic nitrogens is 2. The van der Waals surface area contributed by atoms with Gasteiger partial charge in [-0.15, -0.1) is 24.8 Å². The third-order valence-electron chi connectivity index (χ3n) is 4.97. The number of aryl methyl sites for hydroxylation is 1. The number of likely N-dealkylation sites (N-methyl/N-ethyl adjacent to an activating group) is 1. The van der Waals surface area contributed by atoms with E-state index in [0.717, 1.165) is 49.8 Å². The van der Waals surface area contributed by atoms with Crippen molar-refractivity contribution in [2.24, 2.45) is 7.05 Å². The maximum atomic E-state index is 12.7. The van der Waals surface area contributed by atoms with Gasteiger partial charge in [0.25, 0.3) is 0 Å². The molecule has 1 aromatic rings. The molecule has 3 rings (SSSR count). The van der Waals surface area contributed by atoms with E-state index < -0.39 is 0 Å². The standard InChI is InChI=1S/C16H27N5O2S.2ClH/c1-17-14(13-9-19-20(2)10-13)15(22)18-11-16(3-8-24-12-16)21-4-6-23-7-5-21;;/h9-10,14,17H,3-8,11-12H2,1-2H3,(H,18,22);2*1H. The zero-order valence-electron chi connectivity index (χ0n) is 15.3. The van der Waals surface area contributed by atoms with Crippen molar-refractivity contribution < 1.29 is 9.53 Å². The molecule has 1 aromatic heterocycles. The van der Waals surface area contributed by atoms with Gasteiger partial charge in [0, 0.05) is 49.7 Å². The van der Waals surface area contributed by atoms with E-state index in [0.29, 0.717) is 6.54 Å². The number of nitrogens with zero attached hydrogens (tertiary/aromatic N) is 3. The molecule has 0 bridgehead atoms. The Morgan fingerprint density at radius 3 is 2.69 bits per heavy atom. The topological polar surface area (TPSA) is 71.4 Å². The van der Waals surface area contributed by atoms with Crippen molar-refractivity contribution in [1.82, 2.24) is 25.3 Å². The summed E-state index contributed by atoms with van der Waals surface area (Å²) in [6.45, 7) is 4.17. The van der Waals surface area contributed by atoms with Crippen molar-refractivity contribution in [2.45, 2.75) is 18.0 Å². The van der Waals surface area contributed by atoms with Crippen molar-refractivity contribution in [3.8, 4) is 0 Å². The molecule has 2 fully saturated rings. The molecule has 2 atom stereocenters. The molecule has 0 saturated carbocycles. The molecule has 7 nitrogen and oxygen atoms in total. The second-order valence-electron chi connectivity index (χ2n) is 6.51. The molecular weight excluding hydrogens is 397 g/mol. The van der Waals surface area contributed by atoms with Crippen LogP contribution < -0.4 is 10.6 Å². The van der Waals surface area contributed by atoms with Crippen LogP contribution in [0, 0.1) is 0 Å². The van der Waals surface area contributed by atoms with Gasteiger partial charge < -0.3 is 15.4 Å². The summed E-state index contributed by atoms with van der Waals surface area (Å²) in [5, 5.41) is 10.4. The minimum absolute atomic E-state index is 0. The number of carbonyl (C=O) groups excluding carboxylic acids is 1. The number of morpholine rings is 1. The Labute approximate surface area is 171 Å². The summed E-state index contributed by atoms with van der Waals surface area (Å²) in [4.78, 5) is 15.2. The van der Waals surface area contributed by atoms with Crippen molar-refractivity contribution >= 4 is 42.5 Å². The van der Waals surface area contributed by atoms with E-state index >= 15 is 0 Å². The second-order valence-corrected chi connectivity index (χ2v) is 7.62. The van der Waals surface area contributed by atoms with Crippen molar-refractivity contribution in [3.63, 3.8) is 0 Å². The van der Waals surface area contributed by atoms with E-state index in [1.165, 1.54) is 0 Å². The molecule has 0 aliphatic carbocycles. The minimum atomic E-state index is -0.366. The molecule has 150 valence electrons. The van der Waals surface area contributed by atoms with Crippen LogP contribution in [0.2, 0.25) is 0 Å². The fourth-order valence-electron chi connectivity index (χ4n) is 3.53. The predicted octanol–water partition coefficient (Wildman–Crippen LogP) is 0.848. The van der Waals surface area contributed by atoms with Crippen LogP contribution in [0.5, 0.6) is 0 Å². The number of ether oxygens (including phenoxy) is 1. The predicted molar refractivity (Wildman–Crippen MR) is 110 cm³/mol. The molecule has 10 heteroatoms. The monoisotopic (exact) mass is 425 g/mol. The number of carbonyl (C=O) groups is 1. The normalized spacial score (nSPS) is 24.4. The average molecular weight is 426 g/mol. The van der Waals surface area contributed by atoms with Crippen molar-refractivity contribution in [2.75, 3.05) is 51.4 Å². The molecule has 26 heavy (non-hydrogen) atoms. The highest BCUT2D eigenvalue weighted by atomic mass is 35.5. The summed E-state index contributed by atoms with van der Waals surface area (Å²) in [7, 11) is 3.66. The first-order valence-corrected chi connectivity index (χ1v) is 9.64. The maximum absolute atomic E-state index is 12.7. The van der Waals surface area contributed by atoms with Crippen molar-refractivity contribution in [3.05, 3.63) is 18.0 Å². The Kier molecular flexibility index (Phi) is 9.71. The third kappa shape index (κ3) is 5.27. The van der Waals surface area contributed by atoms with Crippen LogP contribution in [-0.4, -0.2) is 77.5 Å². The van der Waals surface area contributed by atoms with Gasteiger partial charge in [0.2, 0.25) is 5.91 Å². The SMILES string of the molecule is CNC(C(=O)NCC1(N2CCOCC2)CCSC1)c1cnn(C)c1.Cl.Cl. The van der Waals surface area contributed by atoms with Crippen LogP contribution in [-0.2, 0) is 16.6 Å². The Morgan fingerprint density at radius 1 is 1.42 bits per heavy atom. The Bertz CT molecular complexity index is 563. The van der Waals surface area contributed by atoms with Gasteiger partial charge in [-0.3, -0.25) is 14.4 Å². The van der Waals surface area contributed by atoms with Crippen LogP contribution >= 0.6 is 36.6 Å². The van der Waals surface area contributed by atoms with Crippen LogP contribution in [0.1, 0.15) is 18.0 Å². The molecule has 0 radical (unpaired) electrons. The lowest BCUT2D eigenvalue weighted by Gasteiger charge is -2.43. The van der Waals surface area contributed by atoms with Gasteiger partial charge >= 0.3 is 0 Å². The van der Waals surface area contributed by atoms with Gasteiger partial charge in [-0.25, -0.2) is 0 Å². The van der Waals surface area contributed by atoms with E-state index in [1.54, 1.807) is 17.9 Å². The first-order valence-electron chi connectivity index (χ1n) is 8.49. The lowest BCUT2D eigenvalue weighted by molar-refractivity contribution is -0.124. The summed E-state index contributed by atoms with van der Waals surface area (Å²) in [5.74, 6) is 2.24. The molecule has 2 aliphatic rings. The largest absolute Gasteiger partial charge is 0.379 e. The highest BCUT2D eigenvalue weighted by Gasteiger charge is 2.41. The molecule has 0 aromatic carbocycles. The molecule has 2 saturated heterocycles. The van der Waals surface area contributed by atoms with Gasteiger partial charge in [-0.1, -0.05) is 0 Å². The summed E-state index contributed by atoms with van der Waals surface area (Å²) in [6, 6.07) is -0.366. The van der Waals surface area contributed by atoms with Crippen LogP contribution in [0.25, 0.3) is 0 Å². The zero-order chi connectivity index (χ0) is 17.0. The zero-order valence-corrected chi connectivity index (χ0v) is 17.7. The van der Waals surface area contributed by atoms with E-state index in [2.05, 4.69) is 20.6 Å². The van der Waals surface area contributed by atoms with Gasteiger partial charge in [-0.2, -0.15) is 16.9 Å². The van der Waals surface area contributed by atoms with Crippen LogP contribution in [0.3, 0.4) is 0 Å². The lowest BCUT2D eigenvalue weighted by atomic mass is 9.95. The fraction of sp³-hybridized carbons (Fsp3) is 0.750. The summed E-state index contributed by atoms with van der Waals surface area (Å²) < 4.78 is 7.21. The quantitative estimate of drug-likeness (QED) is 0.703. The number of thioether (sulfide) groups is 1. The highest BCUT2D eigenvalue weighted by Crippen LogP contribution is 2.33. The Hall–Kier alpha value is -0.510.